The number of carbonyl (C=O) groups excluding carboxylic acids is 1. The molecule has 1 aliphatic heterocycles. The van der Waals surface area contributed by atoms with Crippen LogP contribution in [0, 0.1) is 0 Å². The topological polar surface area (TPSA) is 78.5 Å². The Bertz CT molecular complexity index is 1200. The number of rotatable bonds is 7. The van der Waals surface area contributed by atoms with E-state index in [9.17, 15) is 4.79 Å². The number of urea groups is 1. The lowest BCUT2D eigenvalue weighted by Crippen LogP contribution is -2.43. The lowest BCUT2D eigenvalue weighted by Gasteiger charge is -2.38. The second-order valence-electron chi connectivity index (χ2n) is 8.03. The van der Waals surface area contributed by atoms with Crippen molar-refractivity contribution in [1.82, 2.24) is 4.90 Å². The fourth-order valence-corrected chi connectivity index (χ4v) is 4.42. The third-order valence-corrected chi connectivity index (χ3v) is 6.20. The fourth-order valence-electron chi connectivity index (χ4n) is 4.42. The van der Waals surface area contributed by atoms with Crippen LogP contribution >= 0.6 is 0 Å². The number of anilines is 1. The van der Waals surface area contributed by atoms with Crippen LogP contribution in [-0.4, -0.2) is 53.0 Å². The first-order chi connectivity index (χ1) is 17.0. The Labute approximate surface area is 205 Å². The summed E-state index contributed by atoms with van der Waals surface area (Å²) < 4.78 is 27.3. The molecule has 0 saturated carbocycles. The highest BCUT2D eigenvalue weighted by Crippen LogP contribution is 2.43. The molecule has 184 valence electrons. The van der Waals surface area contributed by atoms with Crippen molar-refractivity contribution in [3.63, 3.8) is 0 Å². The Hall–Kier alpha value is -4.07. The molecule has 1 heterocycles. The van der Waals surface area contributed by atoms with Gasteiger partial charge in [0.2, 0.25) is 0 Å². The minimum Gasteiger partial charge on any atom is -0.497 e. The fraction of sp³-hybridized carbons (Fsp3) is 0.296. The van der Waals surface area contributed by atoms with Crippen LogP contribution < -0.4 is 29.0 Å². The van der Waals surface area contributed by atoms with Crippen LogP contribution in [0.15, 0.2) is 54.6 Å². The van der Waals surface area contributed by atoms with E-state index in [1.807, 2.05) is 59.5 Å². The summed E-state index contributed by atoms with van der Waals surface area (Å²) in [6, 6.07) is 16.3. The second-order valence-corrected chi connectivity index (χ2v) is 8.03. The SMILES string of the molecule is COc1ccc(NC(=O)N2CCc3cc(OC)c(OC)cc3[C@@H]2c2ccc(OC)c(OC)c2)cc1. The second kappa shape index (κ2) is 10.5. The molecule has 4 rings (SSSR count). The van der Waals surface area contributed by atoms with Crippen LogP contribution in [0.1, 0.15) is 22.7 Å². The Morgan fingerprint density at radius 2 is 1.40 bits per heavy atom. The summed E-state index contributed by atoms with van der Waals surface area (Å²) >= 11 is 0. The molecule has 2 amide bonds. The van der Waals surface area contributed by atoms with Crippen LogP contribution in [0.5, 0.6) is 28.7 Å². The zero-order chi connectivity index (χ0) is 24.9. The lowest BCUT2D eigenvalue weighted by atomic mass is 9.87. The van der Waals surface area contributed by atoms with Crippen molar-refractivity contribution in [3.8, 4) is 28.7 Å². The van der Waals surface area contributed by atoms with Gasteiger partial charge in [0.15, 0.2) is 23.0 Å². The molecular weight excluding hydrogens is 448 g/mol. The van der Waals surface area contributed by atoms with Gasteiger partial charge in [0.1, 0.15) is 5.75 Å². The maximum absolute atomic E-state index is 13.5. The van der Waals surface area contributed by atoms with Gasteiger partial charge in [-0.15, -0.1) is 0 Å². The molecule has 3 aromatic carbocycles. The van der Waals surface area contributed by atoms with Gasteiger partial charge >= 0.3 is 6.03 Å². The molecule has 1 aliphatic rings. The average molecular weight is 479 g/mol. The molecule has 1 atom stereocenters. The molecule has 0 aliphatic carbocycles. The van der Waals surface area contributed by atoms with Crippen molar-refractivity contribution >= 4 is 11.7 Å². The number of nitrogens with zero attached hydrogens (tertiary/aromatic N) is 1. The number of benzene rings is 3. The Morgan fingerprint density at radius 1 is 0.771 bits per heavy atom. The number of methoxy groups -OCH3 is 5. The van der Waals surface area contributed by atoms with Gasteiger partial charge in [0.25, 0.3) is 0 Å². The van der Waals surface area contributed by atoms with Gasteiger partial charge < -0.3 is 33.9 Å². The van der Waals surface area contributed by atoms with Gasteiger partial charge in [0, 0.05) is 12.2 Å². The number of amides is 2. The highest BCUT2D eigenvalue weighted by Gasteiger charge is 2.34. The largest absolute Gasteiger partial charge is 0.497 e. The van der Waals surface area contributed by atoms with E-state index in [2.05, 4.69) is 5.32 Å². The van der Waals surface area contributed by atoms with Crippen molar-refractivity contribution in [2.75, 3.05) is 47.4 Å². The summed E-state index contributed by atoms with van der Waals surface area (Å²) in [5.41, 5.74) is 3.63. The van der Waals surface area contributed by atoms with Crippen LogP contribution in [-0.2, 0) is 6.42 Å². The number of nitrogens with one attached hydrogen (secondary N) is 1. The van der Waals surface area contributed by atoms with Crippen LogP contribution in [0.25, 0.3) is 0 Å². The van der Waals surface area contributed by atoms with Gasteiger partial charge in [-0.3, -0.25) is 0 Å². The van der Waals surface area contributed by atoms with Gasteiger partial charge in [0.05, 0.1) is 41.6 Å². The summed E-state index contributed by atoms with van der Waals surface area (Å²) in [6.07, 6.45) is 0.676. The predicted octanol–water partition coefficient (Wildman–Crippen LogP) is 4.91. The molecule has 0 saturated heterocycles. The van der Waals surface area contributed by atoms with Crippen molar-refractivity contribution < 1.29 is 28.5 Å². The molecule has 0 spiro atoms. The van der Waals surface area contributed by atoms with E-state index in [4.69, 9.17) is 23.7 Å². The lowest BCUT2D eigenvalue weighted by molar-refractivity contribution is 0.193. The smallest absolute Gasteiger partial charge is 0.322 e. The van der Waals surface area contributed by atoms with E-state index in [1.54, 1.807) is 35.5 Å². The van der Waals surface area contributed by atoms with Gasteiger partial charge in [-0.2, -0.15) is 0 Å². The number of hydrogen-bond donors (Lipinski definition) is 1. The quantitative estimate of drug-likeness (QED) is 0.520. The van der Waals surface area contributed by atoms with E-state index in [1.165, 1.54) is 0 Å². The monoisotopic (exact) mass is 478 g/mol. The zero-order valence-electron chi connectivity index (χ0n) is 20.6. The summed E-state index contributed by atoms with van der Waals surface area (Å²) in [6.45, 7) is 0.517. The summed E-state index contributed by atoms with van der Waals surface area (Å²) in [5, 5.41) is 3.02. The maximum Gasteiger partial charge on any atom is 0.322 e. The predicted molar refractivity (Wildman–Crippen MR) is 133 cm³/mol. The van der Waals surface area contributed by atoms with Gasteiger partial charge in [-0.05, 0) is 71.6 Å². The summed E-state index contributed by atoms with van der Waals surface area (Å²) in [4.78, 5) is 15.4. The van der Waals surface area contributed by atoms with E-state index >= 15 is 0 Å². The van der Waals surface area contributed by atoms with Crippen LogP contribution in [0.4, 0.5) is 10.5 Å². The molecule has 8 heteroatoms. The molecule has 0 unspecified atom stereocenters. The minimum absolute atomic E-state index is 0.213. The molecular formula is C27H30N2O6. The molecule has 0 radical (unpaired) electrons. The molecule has 35 heavy (non-hydrogen) atoms. The number of fused-ring (bicyclic) bond motifs is 1. The number of ether oxygens (including phenoxy) is 5. The van der Waals surface area contributed by atoms with Crippen LogP contribution in [0.2, 0.25) is 0 Å². The first-order valence-electron chi connectivity index (χ1n) is 11.2. The Balaban J connectivity index is 1.77. The number of hydrogen-bond acceptors (Lipinski definition) is 6. The molecule has 0 bridgehead atoms. The maximum atomic E-state index is 13.5. The van der Waals surface area contributed by atoms with Crippen molar-refractivity contribution in [2.24, 2.45) is 0 Å². The number of carbonyl (C=O) groups is 1. The normalized spacial score (nSPS) is 14.5. The summed E-state index contributed by atoms with van der Waals surface area (Å²) in [5.74, 6) is 3.20. The summed E-state index contributed by atoms with van der Waals surface area (Å²) in [7, 11) is 8.02. The van der Waals surface area contributed by atoms with E-state index in [0.717, 1.165) is 22.4 Å². The first kappa shape index (κ1) is 24.1. The molecule has 8 nitrogen and oxygen atoms in total. The molecule has 0 fully saturated rings. The standard InChI is InChI=1S/C27H30N2O6/c1-31-20-9-7-19(8-10-20)28-27(30)29-13-12-17-14-24(34-4)25(35-5)16-21(17)26(29)18-6-11-22(32-2)23(15-18)33-3/h6-11,14-16,26H,12-13H2,1-5H3,(H,28,30)/t26-/m0/s1. The van der Waals surface area contributed by atoms with Crippen LogP contribution in [0.3, 0.4) is 0 Å². The van der Waals surface area contributed by atoms with Crippen molar-refractivity contribution in [3.05, 3.63) is 71.3 Å². The Kier molecular flexibility index (Phi) is 7.19. The van der Waals surface area contributed by atoms with Gasteiger partial charge in [-0.1, -0.05) is 6.07 Å². The molecule has 0 aromatic heterocycles. The Morgan fingerprint density at radius 3 is 2.03 bits per heavy atom. The van der Waals surface area contributed by atoms with Crippen molar-refractivity contribution in [2.45, 2.75) is 12.5 Å². The highest BCUT2D eigenvalue weighted by atomic mass is 16.5. The molecule has 1 N–H and O–H groups in total. The van der Waals surface area contributed by atoms with E-state index in [-0.39, 0.29) is 12.1 Å². The minimum atomic E-state index is -0.378. The first-order valence-corrected chi connectivity index (χ1v) is 11.2. The van der Waals surface area contributed by atoms with E-state index in [0.29, 0.717) is 41.7 Å². The average Bonchev–Trinajstić information content (AvgIpc) is 2.91. The van der Waals surface area contributed by atoms with Crippen molar-refractivity contribution in [1.29, 1.82) is 0 Å². The third kappa shape index (κ3) is 4.77. The third-order valence-electron chi connectivity index (χ3n) is 6.20. The highest BCUT2D eigenvalue weighted by molar-refractivity contribution is 5.90. The van der Waals surface area contributed by atoms with Gasteiger partial charge in [-0.25, -0.2) is 4.79 Å². The zero-order valence-corrected chi connectivity index (χ0v) is 20.6. The van der Waals surface area contributed by atoms with E-state index < -0.39 is 0 Å². The molecule has 3 aromatic rings.